The first-order valence-electron chi connectivity index (χ1n) is 9.36. The van der Waals surface area contributed by atoms with Gasteiger partial charge in [-0.05, 0) is 24.2 Å². The first kappa shape index (κ1) is 18.6. The molecule has 1 aromatic heterocycles. The fourth-order valence-corrected chi connectivity index (χ4v) is 6.16. The number of benzene rings is 1. The van der Waals surface area contributed by atoms with Crippen LogP contribution in [0.4, 0.5) is 0 Å². The predicted octanol–water partition coefficient (Wildman–Crippen LogP) is 1.10. The lowest BCUT2D eigenvalue weighted by molar-refractivity contribution is -0.939. The summed E-state index contributed by atoms with van der Waals surface area (Å²) in [6.07, 6.45) is 3.47. The van der Waals surface area contributed by atoms with Crippen LogP contribution in [-0.4, -0.2) is 40.8 Å². The second-order valence-corrected chi connectivity index (χ2v) is 10.1. The fourth-order valence-electron chi connectivity index (χ4n) is 4.15. The molecule has 144 valence electrons. The molecule has 0 amide bonds. The maximum atomic E-state index is 11.9. The van der Waals surface area contributed by atoms with E-state index in [-0.39, 0.29) is 17.4 Å². The Balaban J connectivity index is 1.59. The topological polar surface area (TPSA) is 61.3 Å². The Kier molecular flexibility index (Phi) is 5.05. The van der Waals surface area contributed by atoms with E-state index in [1.165, 1.54) is 16.0 Å². The normalized spacial score (nSPS) is 23.9. The standard InChI is InChI=1S/C19H24N4O2S2/c1-2-9-22-18(17-8-11-27(24,25)13-17)20-23(19(22)26)14-21-10-7-15-5-3-4-6-16(15)12-21/h2-6,17H,1,7-14H2/p+1/t17-/m1/s1. The number of rotatable bonds is 5. The molecule has 0 aliphatic carbocycles. The van der Waals surface area contributed by atoms with Gasteiger partial charge in [0.25, 0.3) is 0 Å². The summed E-state index contributed by atoms with van der Waals surface area (Å²) in [6, 6.07) is 8.58. The maximum Gasteiger partial charge on any atom is 0.203 e. The van der Waals surface area contributed by atoms with Crippen LogP contribution in [0.25, 0.3) is 0 Å². The van der Waals surface area contributed by atoms with Gasteiger partial charge >= 0.3 is 0 Å². The molecule has 4 rings (SSSR count). The van der Waals surface area contributed by atoms with Crippen molar-refractivity contribution < 1.29 is 13.3 Å². The lowest BCUT2D eigenvalue weighted by Gasteiger charge is -2.25. The average Bonchev–Trinajstić information content (AvgIpc) is 3.16. The van der Waals surface area contributed by atoms with Gasteiger partial charge in [0, 0.05) is 24.4 Å². The highest BCUT2D eigenvalue weighted by atomic mass is 32.2. The Labute approximate surface area is 165 Å². The minimum absolute atomic E-state index is 0.0741. The van der Waals surface area contributed by atoms with Gasteiger partial charge in [-0.2, -0.15) is 9.78 Å². The van der Waals surface area contributed by atoms with Gasteiger partial charge in [-0.1, -0.05) is 30.3 Å². The molecule has 1 saturated heterocycles. The number of aromatic nitrogens is 3. The molecule has 2 aromatic rings. The summed E-state index contributed by atoms with van der Waals surface area (Å²) < 4.78 is 28.3. The number of sulfone groups is 1. The van der Waals surface area contributed by atoms with E-state index in [0.29, 0.717) is 24.4 Å². The van der Waals surface area contributed by atoms with Crippen LogP contribution in [0.5, 0.6) is 0 Å². The fraction of sp³-hybridized carbons (Fsp3) is 0.474. The first-order chi connectivity index (χ1) is 13.0. The Morgan fingerprint density at radius 2 is 2.11 bits per heavy atom. The van der Waals surface area contributed by atoms with Crippen molar-refractivity contribution in [3.63, 3.8) is 0 Å². The van der Waals surface area contributed by atoms with Gasteiger partial charge in [-0.3, -0.25) is 4.57 Å². The third kappa shape index (κ3) is 3.79. The molecule has 0 spiro atoms. The van der Waals surface area contributed by atoms with Crippen LogP contribution >= 0.6 is 12.2 Å². The van der Waals surface area contributed by atoms with E-state index in [1.807, 2.05) is 9.25 Å². The number of hydrogen-bond donors (Lipinski definition) is 1. The van der Waals surface area contributed by atoms with Crippen LogP contribution < -0.4 is 4.90 Å². The number of nitrogens with one attached hydrogen (secondary N) is 1. The number of hydrogen-bond acceptors (Lipinski definition) is 4. The van der Waals surface area contributed by atoms with Crippen molar-refractivity contribution in [2.45, 2.75) is 38.5 Å². The molecule has 27 heavy (non-hydrogen) atoms. The zero-order chi connectivity index (χ0) is 19.0. The molecule has 2 aliphatic rings. The number of nitrogens with zero attached hydrogens (tertiary/aromatic N) is 3. The minimum atomic E-state index is -2.97. The Morgan fingerprint density at radius 3 is 2.81 bits per heavy atom. The van der Waals surface area contributed by atoms with E-state index in [2.05, 4.69) is 30.8 Å². The summed E-state index contributed by atoms with van der Waals surface area (Å²) in [6.45, 7) is 7.07. The lowest BCUT2D eigenvalue weighted by Crippen LogP contribution is -3.11. The molecule has 8 heteroatoms. The summed E-state index contributed by atoms with van der Waals surface area (Å²) in [4.78, 5) is 1.42. The number of quaternary nitrogens is 1. The molecule has 3 heterocycles. The minimum Gasteiger partial charge on any atom is -0.312 e. The van der Waals surface area contributed by atoms with E-state index < -0.39 is 9.84 Å². The summed E-state index contributed by atoms with van der Waals surface area (Å²) in [5.41, 5.74) is 2.82. The van der Waals surface area contributed by atoms with Gasteiger partial charge in [0.1, 0.15) is 12.4 Å². The van der Waals surface area contributed by atoms with Crippen molar-refractivity contribution in [1.82, 2.24) is 14.3 Å². The third-order valence-electron chi connectivity index (χ3n) is 5.54. The molecule has 0 radical (unpaired) electrons. The van der Waals surface area contributed by atoms with Gasteiger partial charge in [-0.15, -0.1) is 6.58 Å². The van der Waals surface area contributed by atoms with Gasteiger partial charge < -0.3 is 4.90 Å². The molecule has 1 fully saturated rings. The zero-order valence-corrected chi connectivity index (χ0v) is 16.9. The zero-order valence-electron chi connectivity index (χ0n) is 15.3. The monoisotopic (exact) mass is 405 g/mol. The quantitative estimate of drug-likeness (QED) is 0.598. The smallest absolute Gasteiger partial charge is 0.203 e. The van der Waals surface area contributed by atoms with Crippen LogP contribution in [0.15, 0.2) is 36.9 Å². The highest BCUT2D eigenvalue weighted by Gasteiger charge is 2.33. The second kappa shape index (κ2) is 7.33. The Hall–Kier alpha value is -1.77. The number of allylic oxidation sites excluding steroid dienone is 1. The van der Waals surface area contributed by atoms with Gasteiger partial charge in [0.05, 0.1) is 18.1 Å². The van der Waals surface area contributed by atoms with E-state index in [9.17, 15) is 8.42 Å². The van der Waals surface area contributed by atoms with Crippen molar-refractivity contribution >= 4 is 22.1 Å². The van der Waals surface area contributed by atoms with Gasteiger partial charge in [0.2, 0.25) is 4.77 Å². The Bertz CT molecular complexity index is 1020. The molecule has 2 aliphatic heterocycles. The summed E-state index contributed by atoms with van der Waals surface area (Å²) in [7, 11) is -2.97. The van der Waals surface area contributed by atoms with E-state index in [1.54, 1.807) is 6.08 Å². The van der Waals surface area contributed by atoms with Crippen LogP contribution in [0.1, 0.15) is 29.3 Å². The van der Waals surface area contributed by atoms with Gasteiger partial charge in [0.15, 0.2) is 16.5 Å². The van der Waals surface area contributed by atoms with E-state index in [0.717, 1.165) is 25.3 Å². The molecular formula is C19H25N4O2S2+. The van der Waals surface area contributed by atoms with Crippen molar-refractivity contribution in [1.29, 1.82) is 0 Å². The summed E-state index contributed by atoms with van der Waals surface area (Å²) in [5.74, 6) is 1.12. The SMILES string of the molecule is C=CCn1c([C@@H]2CCS(=O)(=O)C2)nn(C[NH+]2CCc3ccccc3C2)c1=S. The van der Waals surface area contributed by atoms with Crippen LogP contribution in [0.2, 0.25) is 0 Å². The Morgan fingerprint density at radius 1 is 1.33 bits per heavy atom. The highest BCUT2D eigenvalue weighted by Crippen LogP contribution is 2.28. The molecule has 2 atom stereocenters. The molecule has 1 unspecified atom stereocenters. The number of fused-ring (bicyclic) bond motifs is 1. The highest BCUT2D eigenvalue weighted by molar-refractivity contribution is 7.91. The van der Waals surface area contributed by atoms with Crippen LogP contribution in [0, 0.1) is 4.77 Å². The summed E-state index contributed by atoms with van der Waals surface area (Å²) >= 11 is 5.67. The van der Waals surface area contributed by atoms with Crippen molar-refractivity contribution in [2.75, 3.05) is 18.1 Å². The van der Waals surface area contributed by atoms with E-state index >= 15 is 0 Å². The third-order valence-corrected chi connectivity index (χ3v) is 7.74. The van der Waals surface area contributed by atoms with Crippen LogP contribution in [-0.2, 0) is 36.0 Å². The first-order valence-corrected chi connectivity index (χ1v) is 11.6. The van der Waals surface area contributed by atoms with Crippen LogP contribution in [0.3, 0.4) is 0 Å². The molecule has 1 N–H and O–H groups in total. The van der Waals surface area contributed by atoms with Crippen molar-refractivity contribution in [3.05, 3.63) is 58.6 Å². The summed E-state index contributed by atoms with van der Waals surface area (Å²) in [5, 5.41) is 4.77. The predicted molar refractivity (Wildman–Crippen MR) is 107 cm³/mol. The lowest BCUT2D eigenvalue weighted by atomic mass is 10.0. The average molecular weight is 406 g/mol. The molecule has 0 saturated carbocycles. The van der Waals surface area contributed by atoms with Gasteiger partial charge in [-0.25, -0.2) is 8.42 Å². The molecule has 6 nitrogen and oxygen atoms in total. The van der Waals surface area contributed by atoms with Crippen molar-refractivity contribution in [2.24, 2.45) is 0 Å². The molecular weight excluding hydrogens is 380 g/mol. The molecule has 0 bridgehead atoms. The largest absolute Gasteiger partial charge is 0.312 e. The maximum absolute atomic E-state index is 11.9. The van der Waals surface area contributed by atoms with Crippen molar-refractivity contribution in [3.8, 4) is 0 Å². The second-order valence-electron chi connectivity index (χ2n) is 7.49. The van der Waals surface area contributed by atoms with E-state index in [4.69, 9.17) is 17.3 Å². The molecule has 1 aromatic carbocycles.